The first kappa shape index (κ1) is 11.4. The summed E-state index contributed by atoms with van der Waals surface area (Å²) in [5.74, 6) is 0. The second-order valence-corrected chi connectivity index (χ2v) is 4.97. The van der Waals surface area contributed by atoms with Crippen LogP contribution in [0.3, 0.4) is 0 Å². The maximum absolute atomic E-state index is 5.72. The monoisotopic (exact) mass is 213 g/mol. The average molecular weight is 213 g/mol. The van der Waals surface area contributed by atoms with Gasteiger partial charge in [0, 0.05) is 19.2 Å². The van der Waals surface area contributed by atoms with Crippen molar-refractivity contribution in [2.24, 2.45) is 0 Å². The van der Waals surface area contributed by atoms with E-state index in [1.165, 1.54) is 12.8 Å². The second-order valence-electron chi connectivity index (χ2n) is 4.97. The Morgan fingerprint density at radius 1 is 1.20 bits per heavy atom. The third kappa shape index (κ3) is 3.44. The molecule has 0 aromatic carbocycles. The summed E-state index contributed by atoms with van der Waals surface area (Å²) in [6, 6.07) is 0.618. The van der Waals surface area contributed by atoms with Gasteiger partial charge in [-0.25, -0.2) is 0 Å². The molecule has 1 N–H and O–H groups in total. The first-order valence-electron chi connectivity index (χ1n) is 6.24. The van der Waals surface area contributed by atoms with E-state index in [9.17, 15) is 0 Å². The van der Waals surface area contributed by atoms with Gasteiger partial charge >= 0.3 is 0 Å². The molecule has 2 aliphatic rings. The van der Waals surface area contributed by atoms with Crippen molar-refractivity contribution in [2.75, 3.05) is 13.2 Å². The number of nitrogens with one attached hydrogen (secondary N) is 1. The van der Waals surface area contributed by atoms with Crippen molar-refractivity contribution in [3.63, 3.8) is 0 Å². The zero-order chi connectivity index (χ0) is 10.7. The number of rotatable bonds is 3. The largest absolute Gasteiger partial charge is 0.377 e. The van der Waals surface area contributed by atoms with E-state index in [1.54, 1.807) is 0 Å². The lowest BCUT2D eigenvalue weighted by atomic mass is 9.99. The van der Waals surface area contributed by atoms with Gasteiger partial charge in [0.05, 0.1) is 18.3 Å². The van der Waals surface area contributed by atoms with Crippen LogP contribution >= 0.6 is 0 Å². The molecule has 2 rings (SSSR count). The van der Waals surface area contributed by atoms with E-state index >= 15 is 0 Å². The highest BCUT2D eigenvalue weighted by Crippen LogP contribution is 2.19. The summed E-state index contributed by atoms with van der Waals surface area (Å²) in [4.78, 5) is 0. The van der Waals surface area contributed by atoms with E-state index in [4.69, 9.17) is 9.47 Å². The smallest absolute Gasteiger partial charge is 0.0700 e. The van der Waals surface area contributed by atoms with E-state index in [-0.39, 0.29) is 0 Å². The summed E-state index contributed by atoms with van der Waals surface area (Å²) in [6.45, 7) is 6.30. The molecule has 3 nitrogen and oxygen atoms in total. The predicted molar refractivity (Wildman–Crippen MR) is 60.0 cm³/mol. The topological polar surface area (TPSA) is 30.5 Å². The van der Waals surface area contributed by atoms with Gasteiger partial charge in [-0.1, -0.05) is 0 Å². The minimum absolute atomic E-state index is 0.399. The molecule has 0 amide bonds. The fraction of sp³-hybridized carbons (Fsp3) is 1.00. The molecule has 0 aromatic heterocycles. The van der Waals surface area contributed by atoms with Gasteiger partial charge in [0.25, 0.3) is 0 Å². The summed E-state index contributed by atoms with van der Waals surface area (Å²) in [5.41, 5.74) is 0. The maximum atomic E-state index is 5.72. The molecule has 0 aliphatic carbocycles. The molecular weight excluding hydrogens is 190 g/mol. The van der Waals surface area contributed by atoms with E-state index < -0.39 is 0 Å². The van der Waals surface area contributed by atoms with Gasteiger partial charge in [-0.15, -0.1) is 0 Å². The molecule has 2 heterocycles. The molecule has 0 unspecified atom stereocenters. The fourth-order valence-corrected chi connectivity index (χ4v) is 2.68. The zero-order valence-corrected chi connectivity index (χ0v) is 9.87. The zero-order valence-electron chi connectivity index (χ0n) is 9.87. The number of hydrogen-bond acceptors (Lipinski definition) is 3. The molecule has 2 aliphatic heterocycles. The van der Waals surface area contributed by atoms with Gasteiger partial charge in [0.15, 0.2) is 0 Å². The third-order valence-corrected chi connectivity index (χ3v) is 3.36. The molecule has 0 saturated carbocycles. The van der Waals surface area contributed by atoms with Crippen LogP contribution in [0.1, 0.15) is 39.5 Å². The molecule has 2 saturated heterocycles. The van der Waals surface area contributed by atoms with Crippen LogP contribution in [-0.2, 0) is 9.47 Å². The first-order chi connectivity index (χ1) is 7.24. The van der Waals surface area contributed by atoms with Crippen LogP contribution in [0.15, 0.2) is 0 Å². The summed E-state index contributed by atoms with van der Waals surface area (Å²) in [5, 5.41) is 3.62. The van der Waals surface area contributed by atoms with Gasteiger partial charge in [-0.3, -0.25) is 0 Å². The Bertz CT molecular complexity index is 182. The van der Waals surface area contributed by atoms with Crippen molar-refractivity contribution >= 4 is 0 Å². The molecule has 3 atom stereocenters. The van der Waals surface area contributed by atoms with Gasteiger partial charge in [0.1, 0.15) is 0 Å². The van der Waals surface area contributed by atoms with Crippen LogP contribution < -0.4 is 5.32 Å². The lowest BCUT2D eigenvalue weighted by Crippen LogP contribution is -2.43. The molecule has 0 spiro atoms. The van der Waals surface area contributed by atoms with Gasteiger partial charge in [-0.05, 0) is 39.5 Å². The van der Waals surface area contributed by atoms with Crippen molar-refractivity contribution in [2.45, 2.75) is 63.9 Å². The normalized spacial score (nSPS) is 42.0. The van der Waals surface area contributed by atoms with Crippen molar-refractivity contribution in [1.82, 2.24) is 5.32 Å². The van der Waals surface area contributed by atoms with E-state index in [2.05, 4.69) is 19.2 Å². The first-order valence-corrected chi connectivity index (χ1v) is 6.24. The molecule has 0 bridgehead atoms. The van der Waals surface area contributed by atoms with E-state index in [0.29, 0.717) is 24.4 Å². The van der Waals surface area contributed by atoms with Gasteiger partial charge in [-0.2, -0.15) is 0 Å². The Morgan fingerprint density at radius 2 is 1.93 bits per heavy atom. The van der Waals surface area contributed by atoms with Gasteiger partial charge < -0.3 is 14.8 Å². The van der Waals surface area contributed by atoms with Crippen LogP contribution in [0.2, 0.25) is 0 Å². The highest BCUT2D eigenvalue weighted by atomic mass is 16.5. The van der Waals surface area contributed by atoms with E-state index in [1.807, 2.05) is 0 Å². The lowest BCUT2D eigenvalue weighted by molar-refractivity contribution is -0.0436. The van der Waals surface area contributed by atoms with Crippen LogP contribution in [0.5, 0.6) is 0 Å². The van der Waals surface area contributed by atoms with E-state index in [0.717, 1.165) is 26.0 Å². The minimum Gasteiger partial charge on any atom is -0.377 e. The van der Waals surface area contributed by atoms with Crippen LogP contribution in [0.25, 0.3) is 0 Å². The highest BCUT2D eigenvalue weighted by molar-refractivity contribution is 4.80. The van der Waals surface area contributed by atoms with Crippen LogP contribution in [-0.4, -0.2) is 37.5 Å². The highest BCUT2D eigenvalue weighted by Gasteiger charge is 2.25. The average Bonchev–Trinajstić information content (AvgIpc) is 2.65. The summed E-state index contributed by atoms with van der Waals surface area (Å²) >= 11 is 0. The van der Waals surface area contributed by atoms with Crippen molar-refractivity contribution in [1.29, 1.82) is 0 Å². The molecule has 3 heteroatoms. The minimum atomic E-state index is 0.399. The standard InChI is InChI=1S/C12H23NO2/c1-9-6-11(7-10(2)15-9)13-8-12-4-3-5-14-12/h9-13H,3-8H2,1-2H3/t9-,10-,12-/m1/s1. The lowest BCUT2D eigenvalue weighted by Gasteiger charge is -2.33. The Hall–Kier alpha value is -0.120. The fourth-order valence-electron chi connectivity index (χ4n) is 2.68. The number of ether oxygens (including phenoxy) is 2. The number of hydrogen-bond donors (Lipinski definition) is 1. The Labute approximate surface area is 92.5 Å². The molecule has 88 valence electrons. The summed E-state index contributed by atoms with van der Waals surface area (Å²) < 4.78 is 11.3. The Kier molecular flexibility index (Phi) is 4.00. The Morgan fingerprint density at radius 3 is 2.53 bits per heavy atom. The predicted octanol–water partition coefficient (Wildman–Crippen LogP) is 1.71. The summed E-state index contributed by atoms with van der Waals surface area (Å²) in [7, 11) is 0. The molecule has 0 aromatic rings. The Balaban J connectivity index is 1.69. The van der Waals surface area contributed by atoms with Gasteiger partial charge in [0.2, 0.25) is 0 Å². The van der Waals surface area contributed by atoms with Crippen molar-refractivity contribution in [3.05, 3.63) is 0 Å². The molecule has 0 radical (unpaired) electrons. The molecule has 2 fully saturated rings. The maximum Gasteiger partial charge on any atom is 0.0700 e. The van der Waals surface area contributed by atoms with Crippen molar-refractivity contribution in [3.8, 4) is 0 Å². The quantitative estimate of drug-likeness (QED) is 0.774. The van der Waals surface area contributed by atoms with Crippen LogP contribution in [0.4, 0.5) is 0 Å². The SMILES string of the molecule is C[C@@H]1CC(NC[C@H]2CCCO2)C[C@@H](C)O1. The van der Waals surface area contributed by atoms with Crippen molar-refractivity contribution < 1.29 is 9.47 Å². The summed E-state index contributed by atoms with van der Waals surface area (Å²) in [6.07, 6.45) is 5.98. The molecule has 15 heavy (non-hydrogen) atoms. The molecular formula is C12H23NO2. The third-order valence-electron chi connectivity index (χ3n) is 3.36. The second kappa shape index (κ2) is 5.28. The van der Waals surface area contributed by atoms with Crippen LogP contribution in [0, 0.1) is 0 Å².